The SMILES string of the molecule is O=C(c1ccccc1)[C@@]12CC=C[C@@H](CCC1)C2=O. The Morgan fingerprint density at radius 3 is 2.78 bits per heavy atom. The fourth-order valence-electron chi connectivity index (χ4n) is 3.24. The Hall–Kier alpha value is -1.70. The van der Waals surface area contributed by atoms with Gasteiger partial charge in [0.2, 0.25) is 0 Å². The van der Waals surface area contributed by atoms with Gasteiger partial charge in [0, 0.05) is 11.5 Å². The molecule has 3 rings (SSSR count). The predicted molar refractivity (Wildman–Crippen MR) is 69.3 cm³/mol. The summed E-state index contributed by atoms with van der Waals surface area (Å²) in [6.45, 7) is 0. The van der Waals surface area contributed by atoms with Gasteiger partial charge in [-0.3, -0.25) is 9.59 Å². The quantitative estimate of drug-likeness (QED) is 0.452. The maximum atomic E-state index is 12.7. The molecule has 2 aliphatic rings. The molecule has 92 valence electrons. The molecule has 0 aromatic heterocycles. The van der Waals surface area contributed by atoms with Crippen LogP contribution < -0.4 is 0 Å². The molecule has 2 nitrogen and oxygen atoms in total. The lowest BCUT2D eigenvalue weighted by Gasteiger charge is -2.39. The van der Waals surface area contributed by atoms with Gasteiger partial charge in [0.15, 0.2) is 11.6 Å². The largest absolute Gasteiger partial charge is 0.298 e. The summed E-state index contributed by atoms with van der Waals surface area (Å²) in [5.74, 6) is 0.132. The van der Waals surface area contributed by atoms with Crippen LogP contribution in [0, 0.1) is 11.3 Å². The van der Waals surface area contributed by atoms with Crippen molar-refractivity contribution in [3.63, 3.8) is 0 Å². The third kappa shape index (κ3) is 1.56. The summed E-state index contributed by atoms with van der Waals surface area (Å²) < 4.78 is 0. The van der Waals surface area contributed by atoms with Crippen molar-refractivity contribution in [2.24, 2.45) is 11.3 Å². The highest BCUT2D eigenvalue weighted by Crippen LogP contribution is 2.45. The van der Waals surface area contributed by atoms with Crippen LogP contribution in [0.25, 0.3) is 0 Å². The van der Waals surface area contributed by atoms with Crippen molar-refractivity contribution in [3.05, 3.63) is 48.0 Å². The van der Waals surface area contributed by atoms with Gasteiger partial charge in [0.25, 0.3) is 0 Å². The summed E-state index contributed by atoms with van der Waals surface area (Å²) >= 11 is 0. The van der Waals surface area contributed by atoms with E-state index in [0.717, 1.165) is 12.8 Å². The van der Waals surface area contributed by atoms with Gasteiger partial charge in [-0.2, -0.15) is 0 Å². The van der Waals surface area contributed by atoms with Crippen LogP contribution in [0.2, 0.25) is 0 Å². The standard InChI is InChI=1S/C16H16O2/c17-14(12-6-2-1-3-7-12)16-10-4-8-13(15(16)18)9-5-11-16/h1-4,6-8,13H,5,9-11H2/t13-,16+/m0/s1. The molecule has 2 bridgehead atoms. The van der Waals surface area contributed by atoms with Crippen molar-refractivity contribution in [1.82, 2.24) is 0 Å². The molecule has 0 heterocycles. The normalized spacial score (nSPS) is 30.2. The number of ketones is 2. The van der Waals surface area contributed by atoms with E-state index in [2.05, 4.69) is 0 Å². The first-order chi connectivity index (χ1) is 8.74. The molecule has 0 spiro atoms. The maximum Gasteiger partial charge on any atom is 0.176 e. The molecular formula is C16H16O2. The third-order valence-corrected chi connectivity index (χ3v) is 4.23. The summed E-state index contributed by atoms with van der Waals surface area (Å²) in [5, 5.41) is 0. The molecule has 2 aliphatic carbocycles. The van der Waals surface area contributed by atoms with Gasteiger partial charge in [0.05, 0.1) is 5.41 Å². The van der Waals surface area contributed by atoms with Gasteiger partial charge in [-0.15, -0.1) is 0 Å². The van der Waals surface area contributed by atoms with Crippen LogP contribution in [0.4, 0.5) is 0 Å². The van der Waals surface area contributed by atoms with Gasteiger partial charge < -0.3 is 0 Å². The second kappa shape index (κ2) is 4.20. The number of Topliss-reactive ketones (excluding diaryl/α,β-unsaturated/α-hetero) is 2. The molecule has 0 N–H and O–H groups in total. The number of allylic oxidation sites excluding steroid dienone is 2. The van der Waals surface area contributed by atoms with Crippen molar-refractivity contribution in [2.45, 2.75) is 25.7 Å². The Morgan fingerprint density at radius 2 is 2.00 bits per heavy atom. The van der Waals surface area contributed by atoms with Gasteiger partial charge in [-0.05, 0) is 19.3 Å². The molecule has 18 heavy (non-hydrogen) atoms. The Balaban J connectivity index is 2.02. The molecule has 0 saturated heterocycles. The molecule has 1 saturated carbocycles. The van der Waals surface area contributed by atoms with Crippen LogP contribution in [0.15, 0.2) is 42.5 Å². The van der Waals surface area contributed by atoms with Crippen LogP contribution >= 0.6 is 0 Å². The third-order valence-electron chi connectivity index (χ3n) is 4.23. The zero-order chi connectivity index (χ0) is 12.6. The number of fused-ring (bicyclic) bond motifs is 2. The van der Waals surface area contributed by atoms with E-state index < -0.39 is 5.41 Å². The molecule has 1 aromatic carbocycles. The molecule has 0 radical (unpaired) electrons. The van der Waals surface area contributed by atoms with Crippen molar-refractivity contribution in [2.75, 3.05) is 0 Å². The molecule has 0 amide bonds. The number of benzene rings is 1. The van der Waals surface area contributed by atoms with Crippen LogP contribution in [-0.4, -0.2) is 11.6 Å². The lowest BCUT2D eigenvalue weighted by Crippen LogP contribution is -2.47. The zero-order valence-corrected chi connectivity index (χ0v) is 10.3. The van der Waals surface area contributed by atoms with E-state index >= 15 is 0 Å². The topological polar surface area (TPSA) is 34.1 Å². The van der Waals surface area contributed by atoms with Crippen LogP contribution in [0.1, 0.15) is 36.0 Å². The number of carbonyl (C=O) groups is 2. The second-order valence-electron chi connectivity index (χ2n) is 5.27. The molecule has 0 aliphatic heterocycles. The predicted octanol–water partition coefficient (Wildman–Crippen LogP) is 3.18. The van der Waals surface area contributed by atoms with Crippen molar-refractivity contribution >= 4 is 11.6 Å². The highest BCUT2D eigenvalue weighted by Gasteiger charge is 2.50. The fraction of sp³-hybridized carbons (Fsp3) is 0.375. The summed E-state index contributed by atoms with van der Waals surface area (Å²) in [6.07, 6.45) is 7.17. The van der Waals surface area contributed by atoms with Gasteiger partial charge in [-0.25, -0.2) is 0 Å². The maximum absolute atomic E-state index is 12.7. The first-order valence-corrected chi connectivity index (χ1v) is 6.55. The van der Waals surface area contributed by atoms with Crippen molar-refractivity contribution in [3.8, 4) is 0 Å². The summed E-state index contributed by atoms with van der Waals surface area (Å²) in [6, 6.07) is 9.22. The number of carbonyl (C=O) groups excluding carboxylic acids is 2. The minimum absolute atomic E-state index is 0.0159. The molecule has 1 fully saturated rings. The van der Waals surface area contributed by atoms with Crippen LogP contribution in [0.5, 0.6) is 0 Å². The lowest BCUT2D eigenvalue weighted by molar-refractivity contribution is -0.132. The molecular weight excluding hydrogens is 224 g/mol. The van der Waals surface area contributed by atoms with Crippen molar-refractivity contribution in [1.29, 1.82) is 0 Å². The Morgan fingerprint density at radius 1 is 1.22 bits per heavy atom. The summed E-state index contributed by atoms with van der Waals surface area (Å²) in [7, 11) is 0. The van der Waals surface area contributed by atoms with E-state index in [1.54, 1.807) is 0 Å². The Labute approximate surface area is 107 Å². The average molecular weight is 240 g/mol. The van der Waals surface area contributed by atoms with E-state index in [9.17, 15) is 9.59 Å². The fourth-order valence-corrected chi connectivity index (χ4v) is 3.24. The highest BCUT2D eigenvalue weighted by atomic mass is 16.2. The minimum Gasteiger partial charge on any atom is -0.298 e. The van der Waals surface area contributed by atoms with Crippen molar-refractivity contribution < 1.29 is 9.59 Å². The molecule has 2 heteroatoms. The number of hydrogen-bond donors (Lipinski definition) is 0. The Kier molecular flexibility index (Phi) is 2.66. The first-order valence-electron chi connectivity index (χ1n) is 6.55. The summed E-state index contributed by atoms with van der Waals surface area (Å²) in [5.41, 5.74) is -0.0965. The van der Waals surface area contributed by atoms with Gasteiger partial charge in [0.1, 0.15) is 0 Å². The molecule has 0 unspecified atom stereocenters. The van der Waals surface area contributed by atoms with Gasteiger partial charge >= 0.3 is 0 Å². The van der Waals surface area contributed by atoms with E-state index in [4.69, 9.17) is 0 Å². The highest BCUT2D eigenvalue weighted by molar-refractivity contribution is 6.16. The van der Waals surface area contributed by atoms with E-state index in [-0.39, 0.29) is 17.5 Å². The average Bonchev–Trinajstić information content (AvgIpc) is 2.39. The van der Waals surface area contributed by atoms with E-state index in [1.165, 1.54) is 0 Å². The second-order valence-corrected chi connectivity index (χ2v) is 5.27. The summed E-state index contributed by atoms with van der Waals surface area (Å²) in [4.78, 5) is 25.2. The van der Waals surface area contributed by atoms with E-state index in [0.29, 0.717) is 18.4 Å². The van der Waals surface area contributed by atoms with Crippen LogP contribution in [-0.2, 0) is 4.79 Å². The monoisotopic (exact) mass is 240 g/mol. The van der Waals surface area contributed by atoms with Gasteiger partial charge in [-0.1, -0.05) is 48.9 Å². The van der Waals surface area contributed by atoms with Crippen LogP contribution in [0.3, 0.4) is 0 Å². The Bertz CT molecular complexity index is 515. The lowest BCUT2D eigenvalue weighted by atomic mass is 9.61. The smallest absolute Gasteiger partial charge is 0.176 e. The number of hydrogen-bond acceptors (Lipinski definition) is 2. The number of rotatable bonds is 2. The molecule has 1 aromatic rings. The van der Waals surface area contributed by atoms with E-state index in [1.807, 2.05) is 42.5 Å². The minimum atomic E-state index is -0.765. The first kappa shape index (κ1) is 11.4. The molecule has 2 atom stereocenters. The zero-order valence-electron chi connectivity index (χ0n) is 10.3.